The van der Waals surface area contributed by atoms with Gasteiger partial charge in [-0.2, -0.15) is 0 Å². The number of methoxy groups -OCH3 is 2. The largest absolute Gasteiger partial charge is 0.497 e. The molecule has 0 aliphatic rings. The molecule has 0 heterocycles. The molecular formula is C20H25NO4. The molecule has 134 valence electrons. The number of ether oxygens (including phenoxy) is 3. The highest BCUT2D eigenvalue weighted by Gasteiger charge is 2.15. The number of hydrogen-bond donors (Lipinski definition) is 1. The number of nitrogens with one attached hydrogen (secondary N) is 1. The molecule has 1 atom stereocenters. The Labute approximate surface area is 148 Å². The first-order valence-electron chi connectivity index (χ1n) is 8.30. The molecule has 1 N–H and O–H groups in total. The van der Waals surface area contributed by atoms with Crippen molar-refractivity contribution >= 4 is 5.91 Å². The molecule has 0 aliphatic heterocycles. The minimum Gasteiger partial charge on any atom is -0.497 e. The SMILES string of the molecule is CCc1ccc(OCC(=O)N[C@@H](C)c2cc(OC)ccc2OC)cc1. The first-order valence-corrected chi connectivity index (χ1v) is 8.30. The lowest BCUT2D eigenvalue weighted by Crippen LogP contribution is -2.31. The van der Waals surface area contributed by atoms with Crippen molar-refractivity contribution in [3.05, 3.63) is 53.6 Å². The van der Waals surface area contributed by atoms with E-state index in [4.69, 9.17) is 14.2 Å². The zero-order chi connectivity index (χ0) is 18.2. The molecule has 5 nitrogen and oxygen atoms in total. The zero-order valence-electron chi connectivity index (χ0n) is 15.2. The van der Waals surface area contributed by atoms with Crippen molar-refractivity contribution in [2.45, 2.75) is 26.3 Å². The van der Waals surface area contributed by atoms with Crippen LogP contribution in [0.15, 0.2) is 42.5 Å². The second kappa shape index (κ2) is 8.97. The summed E-state index contributed by atoms with van der Waals surface area (Å²) in [6, 6.07) is 13.0. The lowest BCUT2D eigenvalue weighted by Gasteiger charge is -2.18. The van der Waals surface area contributed by atoms with E-state index >= 15 is 0 Å². The second-order valence-corrected chi connectivity index (χ2v) is 5.68. The number of carbonyl (C=O) groups excluding carboxylic acids is 1. The van der Waals surface area contributed by atoms with Crippen molar-refractivity contribution in [1.82, 2.24) is 5.32 Å². The first-order chi connectivity index (χ1) is 12.1. The maximum atomic E-state index is 12.2. The molecule has 5 heteroatoms. The molecule has 2 aromatic rings. The van der Waals surface area contributed by atoms with Gasteiger partial charge in [0.25, 0.3) is 5.91 Å². The first kappa shape index (κ1) is 18.6. The number of aryl methyl sites for hydroxylation is 1. The van der Waals surface area contributed by atoms with Gasteiger partial charge in [-0.3, -0.25) is 4.79 Å². The summed E-state index contributed by atoms with van der Waals surface area (Å²) in [4.78, 5) is 12.2. The lowest BCUT2D eigenvalue weighted by atomic mass is 10.1. The molecule has 0 unspecified atom stereocenters. The molecule has 2 aromatic carbocycles. The Morgan fingerprint density at radius 2 is 1.72 bits per heavy atom. The van der Waals surface area contributed by atoms with Gasteiger partial charge in [-0.1, -0.05) is 19.1 Å². The summed E-state index contributed by atoms with van der Waals surface area (Å²) in [6.45, 7) is 3.95. The number of amides is 1. The van der Waals surface area contributed by atoms with E-state index < -0.39 is 0 Å². The summed E-state index contributed by atoms with van der Waals surface area (Å²) in [5.41, 5.74) is 2.08. The fourth-order valence-electron chi connectivity index (χ4n) is 2.51. The van der Waals surface area contributed by atoms with Crippen LogP contribution in [-0.2, 0) is 11.2 Å². The van der Waals surface area contributed by atoms with Crippen molar-refractivity contribution in [3.63, 3.8) is 0 Å². The van der Waals surface area contributed by atoms with Crippen LogP contribution in [0.3, 0.4) is 0 Å². The van der Waals surface area contributed by atoms with Crippen LogP contribution in [0.2, 0.25) is 0 Å². The van der Waals surface area contributed by atoms with Gasteiger partial charge in [0.1, 0.15) is 17.2 Å². The Bertz CT molecular complexity index is 697. The van der Waals surface area contributed by atoms with Crippen molar-refractivity contribution in [1.29, 1.82) is 0 Å². The maximum Gasteiger partial charge on any atom is 0.258 e. The molecule has 0 saturated heterocycles. The Balaban J connectivity index is 1.95. The smallest absolute Gasteiger partial charge is 0.258 e. The fourth-order valence-corrected chi connectivity index (χ4v) is 2.51. The highest BCUT2D eigenvalue weighted by Crippen LogP contribution is 2.29. The number of carbonyl (C=O) groups is 1. The fraction of sp³-hybridized carbons (Fsp3) is 0.350. The van der Waals surface area contributed by atoms with Gasteiger partial charge < -0.3 is 19.5 Å². The molecule has 25 heavy (non-hydrogen) atoms. The molecule has 0 aliphatic carbocycles. The number of hydrogen-bond acceptors (Lipinski definition) is 4. The highest BCUT2D eigenvalue weighted by molar-refractivity contribution is 5.78. The number of rotatable bonds is 8. The Morgan fingerprint density at radius 1 is 1.04 bits per heavy atom. The van der Waals surface area contributed by atoms with Gasteiger partial charge in [0.15, 0.2) is 6.61 Å². The van der Waals surface area contributed by atoms with Gasteiger partial charge in [-0.25, -0.2) is 0 Å². The van der Waals surface area contributed by atoms with E-state index in [-0.39, 0.29) is 18.6 Å². The average Bonchev–Trinajstić information content (AvgIpc) is 2.66. The van der Waals surface area contributed by atoms with Gasteiger partial charge in [0.2, 0.25) is 0 Å². The van der Waals surface area contributed by atoms with Gasteiger partial charge in [-0.15, -0.1) is 0 Å². The van der Waals surface area contributed by atoms with Crippen LogP contribution < -0.4 is 19.5 Å². The average molecular weight is 343 g/mol. The van der Waals surface area contributed by atoms with Crippen molar-refractivity contribution < 1.29 is 19.0 Å². The summed E-state index contributed by atoms with van der Waals surface area (Å²) in [6.07, 6.45) is 0.973. The van der Waals surface area contributed by atoms with Gasteiger partial charge in [0, 0.05) is 5.56 Å². The van der Waals surface area contributed by atoms with Crippen molar-refractivity contribution in [2.24, 2.45) is 0 Å². The van der Waals surface area contributed by atoms with E-state index in [0.29, 0.717) is 17.2 Å². The molecule has 0 bridgehead atoms. The van der Waals surface area contributed by atoms with Crippen LogP contribution in [-0.4, -0.2) is 26.7 Å². The Kier molecular flexibility index (Phi) is 6.69. The van der Waals surface area contributed by atoms with Crippen molar-refractivity contribution in [3.8, 4) is 17.2 Å². The van der Waals surface area contributed by atoms with Crippen molar-refractivity contribution in [2.75, 3.05) is 20.8 Å². The molecule has 1 amide bonds. The normalized spacial score (nSPS) is 11.5. The molecular weight excluding hydrogens is 318 g/mol. The van der Waals surface area contributed by atoms with E-state index in [1.165, 1.54) is 5.56 Å². The molecule has 0 spiro atoms. The summed E-state index contributed by atoms with van der Waals surface area (Å²) in [7, 11) is 3.20. The number of benzene rings is 2. The van der Waals surface area contributed by atoms with Crippen LogP contribution in [0.25, 0.3) is 0 Å². The van der Waals surface area contributed by atoms with E-state index in [2.05, 4.69) is 12.2 Å². The van der Waals surface area contributed by atoms with Gasteiger partial charge in [0.05, 0.1) is 20.3 Å². The zero-order valence-corrected chi connectivity index (χ0v) is 15.2. The standard InChI is InChI=1S/C20H25NO4/c1-5-15-6-8-16(9-7-15)25-13-20(22)21-14(2)18-12-17(23-3)10-11-19(18)24-4/h6-12,14H,5,13H2,1-4H3,(H,21,22)/t14-/m0/s1. The molecule has 2 rings (SSSR count). The molecule has 0 saturated carbocycles. The minimum absolute atomic E-state index is 0.0396. The van der Waals surface area contributed by atoms with E-state index in [9.17, 15) is 4.79 Å². The Morgan fingerprint density at radius 3 is 2.32 bits per heavy atom. The van der Waals surface area contributed by atoms with Crippen LogP contribution in [0, 0.1) is 0 Å². The quantitative estimate of drug-likeness (QED) is 0.797. The summed E-state index contributed by atoms with van der Waals surface area (Å²) in [5, 5.41) is 2.92. The predicted octanol–water partition coefficient (Wildman–Crippen LogP) is 3.52. The Hall–Kier alpha value is -2.69. The van der Waals surface area contributed by atoms with Crippen LogP contribution in [0.5, 0.6) is 17.2 Å². The molecule has 0 radical (unpaired) electrons. The van der Waals surface area contributed by atoms with Crippen LogP contribution >= 0.6 is 0 Å². The third-order valence-electron chi connectivity index (χ3n) is 3.98. The summed E-state index contributed by atoms with van der Waals surface area (Å²) >= 11 is 0. The highest BCUT2D eigenvalue weighted by atomic mass is 16.5. The summed E-state index contributed by atoms with van der Waals surface area (Å²) in [5.74, 6) is 1.89. The van der Waals surface area contributed by atoms with Crippen LogP contribution in [0.4, 0.5) is 0 Å². The maximum absolute atomic E-state index is 12.2. The molecule has 0 fully saturated rings. The van der Waals surface area contributed by atoms with E-state index in [1.54, 1.807) is 14.2 Å². The third-order valence-corrected chi connectivity index (χ3v) is 3.98. The van der Waals surface area contributed by atoms with Gasteiger partial charge >= 0.3 is 0 Å². The monoisotopic (exact) mass is 343 g/mol. The topological polar surface area (TPSA) is 56.8 Å². The minimum atomic E-state index is -0.233. The molecule has 0 aromatic heterocycles. The lowest BCUT2D eigenvalue weighted by molar-refractivity contribution is -0.123. The van der Waals surface area contributed by atoms with Crippen LogP contribution in [0.1, 0.15) is 31.0 Å². The summed E-state index contributed by atoms with van der Waals surface area (Å²) < 4.78 is 16.1. The van der Waals surface area contributed by atoms with Gasteiger partial charge in [-0.05, 0) is 49.2 Å². The predicted molar refractivity (Wildman–Crippen MR) is 97.4 cm³/mol. The second-order valence-electron chi connectivity index (χ2n) is 5.68. The van der Waals surface area contributed by atoms with E-state index in [0.717, 1.165) is 12.0 Å². The third kappa shape index (κ3) is 5.14. The van der Waals surface area contributed by atoms with E-state index in [1.807, 2.05) is 49.4 Å².